The van der Waals surface area contributed by atoms with Crippen molar-refractivity contribution < 1.29 is 19.4 Å². The van der Waals surface area contributed by atoms with Gasteiger partial charge in [-0.2, -0.15) is 0 Å². The van der Waals surface area contributed by atoms with Gasteiger partial charge in [-0.1, -0.05) is 6.07 Å². The molecule has 1 aromatic heterocycles. The molecule has 6 nitrogen and oxygen atoms in total. The Morgan fingerprint density at radius 1 is 1.56 bits per heavy atom. The van der Waals surface area contributed by atoms with E-state index in [2.05, 4.69) is 10.3 Å². The minimum absolute atomic E-state index is 0.0477. The van der Waals surface area contributed by atoms with Gasteiger partial charge in [-0.3, -0.25) is 9.78 Å². The van der Waals surface area contributed by atoms with E-state index < -0.39 is 12.0 Å². The number of aliphatic carboxylic acids is 1. The zero-order valence-electron chi connectivity index (χ0n) is 10.1. The lowest BCUT2D eigenvalue weighted by molar-refractivity contribution is -0.143. The van der Waals surface area contributed by atoms with Crippen LogP contribution in [0.25, 0.3) is 0 Å². The molecule has 0 aliphatic rings. The van der Waals surface area contributed by atoms with Crippen molar-refractivity contribution in [2.75, 3.05) is 13.7 Å². The fraction of sp³-hybridized carbons (Fsp3) is 0.417. The summed E-state index contributed by atoms with van der Waals surface area (Å²) in [4.78, 5) is 26.3. The molecule has 98 valence electrons. The number of rotatable bonds is 7. The molecule has 0 saturated carbocycles. The number of hydrogen-bond acceptors (Lipinski definition) is 4. The molecule has 1 amide bonds. The molecule has 0 aliphatic carbocycles. The second-order valence-corrected chi connectivity index (χ2v) is 3.77. The molecule has 6 heteroatoms. The van der Waals surface area contributed by atoms with E-state index in [1.807, 2.05) is 6.07 Å². The van der Waals surface area contributed by atoms with Crippen LogP contribution in [0, 0.1) is 0 Å². The van der Waals surface area contributed by atoms with Gasteiger partial charge in [-0.15, -0.1) is 0 Å². The van der Waals surface area contributed by atoms with Crippen molar-refractivity contribution in [3.63, 3.8) is 0 Å². The fourth-order valence-electron chi connectivity index (χ4n) is 1.41. The second-order valence-electron chi connectivity index (χ2n) is 3.77. The summed E-state index contributed by atoms with van der Waals surface area (Å²) in [5.41, 5.74) is 0.936. The highest BCUT2D eigenvalue weighted by Gasteiger charge is 2.19. The monoisotopic (exact) mass is 252 g/mol. The van der Waals surface area contributed by atoms with Gasteiger partial charge in [0.15, 0.2) is 6.04 Å². The second kappa shape index (κ2) is 7.39. The molecular formula is C12H16N2O4. The summed E-state index contributed by atoms with van der Waals surface area (Å²) < 4.78 is 4.72. The molecule has 0 fully saturated rings. The van der Waals surface area contributed by atoms with Crippen LogP contribution in [-0.4, -0.2) is 41.7 Å². The highest BCUT2D eigenvalue weighted by Crippen LogP contribution is 2.00. The molecule has 0 aromatic carbocycles. The minimum Gasteiger partial charge on any atom is -0.480 e. The largest absolute Gasteiger partial charge is 0.480 e. The van der Waals surface area contributed by atoms with Crippen molar-refractivity contribution in [1.29, 1.82) is 0 Å². The number of pyridine rings is 1. The highest BCUT2D eigenvalue weighted by molar-refractivity contribution is 5.83. The van der Waals surface area contributed by atoms with E-state index in [1.54, 1.807) is 18.5 Å². The Hall–Kier alpha value is -1.95. The molecule has 0 bridgehead atoms. The minimum atomic E-state index is -1.11. The molecule has 0 saturated heterocycles. The molecule has 0 aliphatic heterocycles. The number of aromatic nitrogens is 1. The van der Waals surface area contributed by atoms with Crippen LogP contribution in [0.5, 0.6) is 0 Å². The first-order chi connectivity index (χ1) is 8.63. The Morgan fingerprint density at radius 2 is 2.33 bits per heavy atom. The van der Waals surface area contributed by atoms with E-state index in [0.717, 1.165) is 5.56 Å². The molecule has 0 spiro atoms. The zero-order chi connectivity index (χ0) is 13.4. The van der Waals surface area contributed by atoms with Crippen molar-refractivity contribution in [1.82, 2.24) is 10.3 Å². The van der Waals surface area contributed by atoms with Gasteiger partial charge in [0.2, 0.25) is 5.91 Å². The number of ether oxygens (including phenoxy) is 1. The van der Waals surface area contributed by atoms with Crippen LogP contribution in [0.4, 0.5) is 0 Å². The number of carboxylic acids is 1. The summed E-state index contributed by atoms with van der Waals surface area (Å²) in [5.74, 6) is -1.42. The van der Waals surface area contributed by atoms with Crippen LogP contribution in [0.15, 0.2) is 24.5 Å². The smallest absolute Gasteiger partial charge is 0.328 e. The summed E-state index contributed by atoms with van der Waals surface area (Å²) in [6.45, 7) is -0.0477. The summed E-state index contributed by atoms with van der Waals surface area (Å²) in [7, 11) is 1.39. The number of hydrogen-bond donors (Lipinski definition) is 2. The number of nitrogens with one attached hydrogen (secondary N) is 1. The maximum atomic E-state index is 11.6. The summed E-state index contributed by atoms with van der Waals surface area (Å²) in [6.07, 6.45) is 4.08. The average molecular weight is 252 g/mol. The van der Waals surface area contributed by atoms with Crippen molar-refractivity contribution >= 4 is 11.9 Å². The molecule has 1 heterocycles. The van der Waals surface area contributed by atoms with Crippen LogP contribution in [0.1, 0.15) is 12.0 Å². The molecule has 1 atom stereocenters. The number of nitrogens with zero attached hydrogens (tertiary/aromatic N) is 1. The third-order valence-corrected chi connectivity index (χ3v) is 2.33. The van der Waals surface area contributed by atoms with Crippen molar-refractivity contribution in [2.45, 2.75) is 18.9 Å². The van der Waals surface area contributed by atoms with Gasteiger partial charge in [0.1, 0.15) is 0 Å². The number of aryl methyl sites for hydroxylation is 1. The first kappa shape index (κ1) is 14.1. The molecule has 2 N–H and O–H groups in total. The normalized spacial score (nSPS) is 11.8. The van der Waals surface area contributed by atoms with Gasteiger partial charge in [-0.25, -0.2) is 4.79 Å². The van der Waals surface area contributed by atoms with Crippen LogP contribution in [-0.2, 0) is 20.7 Å². The van der Waals surface area contributed by atoms with E-state index in [4.69, 9.17) is 9.84 Å². The van der Waals surface area contributed by atoms with E-state index >= 15 is 0 Å². The molecular weight excluding hydrogens is 236 g/mol. The van der Waals surface area contributed by atoms with Crippen molar-refractivity contribution in [3.8, 4) is 0 Å². The van der Waals surface area contributed by atoms with E-state index in [0.29, 0.717) is 6.42 Å². The van der Waals surface area contributed by atoms with Crippen LogP contribution in [0.3, 0.4) is 0 Å². The molecule has 0 radical (unpaired) electrons. The van der Waals surface area contributed by atoms with Gasteiger partial charge in [0.05, 0.1) is 6.61 Å². The Morgan fingerprint density at radius 3 is 2.89 bits per heavy atom. The number of carbonyl (C=O) groups excluding carboxylic acids is 1. The quantitative estimate of drug-likeness (QED) is 0.725. The Kier molecular flexibility index (Phi) is 5.79. The van der Waals surface area contributed by atoms with E-state index in [-0.39, 0.29) is 18.9 Å². The first-order valence-electron chi connectivity index (χ1n) is 5.53. The Labute approximate surface area is 105 Å². The first-order valence-corrected chi connectivity index (χ1v) is 5.53. The fourth-order valence-corrected chi connectivity index (χ4v) is 1.41. The van der Waals surface area contributed by atoms with Crippen LogP contribution in [0.2, 0.25) is 0 Å². The standard InChI is InChI=1S/C12H16N2O4/c1-18-8-10(12(16)17)14-11(15)5-4-9-3-2-6-13-7-9/h2-3,6-7,10H,4-5,8H2,1H3,(H,14,15)(H,16,17). The van der Waals surface area contributed by atoms with Crippen molar-refractivity contribution in [2.24, 2.45) is 0 Å². The van der Waals surface area contributed by atoms with Crippen molar-refractivity contribution in [3.05, 3.63) is 30.1 Å². The lowest BCUT2D eigenvalue weighted by Gasteiger charge is -2.13. The lowest BCUT2D eigenvalue weighted by Crippen LogP contribution is -2.43. The highest BCUT2D eigenvalue weighted by atomic mass is 16.5. The van der Waals surface area contributed by atoms with Crippen LogP contribution >= 0.6 is 0 Å². The third-order valence-electron chi connectivity index (χ3n) is 2.33. The summed E-state index contributed by atoms with van der Waals surface area (Å²) in [5, 5.41) is 11.2. The number of carboxylic acid groups (broad SMARTS) is 1. The average Bonchev–Trinajstić information content (AvgIpc) is 2.37. The Bertz CT molecular complexity index is 394. The SMILES string of the molecule is COCC(NC(=O)CCc1cccnc1)C(=O)O. The number of carbonyl (C=O) groups is 2. The number of methoxy groups -OCH3 is 1. The van der Waals surface area contributed by atoms with Crippen LogP contribution < -0.4 is 5.32 Å². The maximum absolute atomic E-state index is 11.6. The van der Waals surface area contributed by atoms with Gasteiger partial charge in [0.25, 0.3) is 0 Å². The predicted molar refractivity (Wildman–Crippen MR) is 64.0 cm³/mol. The topological polar surface area (TPSA) is 88.5 Å². The Balaban J connectivity index is 2.39. The molecule has 1 rings (SSSR count). The predicted octanol–water partition coefficient (Wildman–Crippen LogP) is 0.230. The van der Waals surface area contributed by atoms with Gasteiger partial charge >= 0.3 is 5.97 Å². The third kappa shape index (κ3) is 4.92. The number of amides is 1. The molecule has 1 unspecified atom stereocenters. The summed E-state index contributed by atoms with van der Waals surface area (Å²) in [6, 6.07) is 2.65. The summed E-state index contributed by atoms with van der Waals surface area (Å²) >= 11 is 0. The van der Waals surface area contributed by atoms with Gasteiger partial charge < -0.3 is 15.2 Å². The zero-order valence-corrected chi connectivity index (χ0v) is 10.1. The van der Waals surface area contributed by atoms with E-state index in [9.17, 15) is 9.59 Å². The van der Waals surface area contributed by atoms with Gasteiger partial charge in [0, 0.05) is 25.9 Å². The maximum Gasteiger partial charge on any atom is 0.328 e. The molecule has 1 aromatic rings. The lowest BCUT2D eigenvalue weighted by atomic mass is 10.1. The van der Waals surface area contributed by atoms with E-state index in [1.165, 1.54) is 7.11 Å². The van der Waals surface area contributed by atoms with Gasteiger partial charge in [-0.05, 0) is 18.1 Å². The molecule has 18 heavy (non-hydrogen) atoms.